The van der Waals surface area contributed by atoms with E-state index in [-0.39, 0.29) is 0 Å². The highest BCUT2D eigenvalue weighted by Gasteiger charge is 2.10. The molecule has 0 aliphatic heterocycles. The van der Waals surface area contributed by atoms with Crippen molar-refractivity contribution < 1.29 is 14.4 Å². The molecule has 0 aliphatic rings. The third kappa shape index (κ3) is 4.64. The van der Waals surface area contributed by atoms with Gasteiger partial charge in [0, 0.05) is 17.3 Å². The molecule has 0 amide bonds. The molecule has 0 radical (unpaired) electrons. The number of esters is 1. The van der Waals surface area contributed by atoms with Crippen LogP contribution in [0.4, 0.5) is 11.4 Å². The lowest BCUT2D eigenvalue weighted by Crippen LogP contribution is -2.03. The second kappa shape index (κ2) is 8.39. The van der Waals surface area contributed by atoms with Gasteiger partial charge in [0.2, 0.25) is 0 Å². The van der Waals surface area contributed by atoms with E-state index in [9.17, 15) is 10.0 Å². The van der Waals surface area contributed by atoms with Gasteiger partial charge in [0.25, 0.3) is 5.69 Å². The summed E-state index contributed by atoms with van der Waals surface area (Å²) in [5, 5.41) is 16.4. The third-order valence-electron chi connectivity index (χ3n) is 3.47. The van der Waals surface area contributed by atoms with Crippen molar-refractivity contribution in [3.63, 3.8) is 0 Å². The number of benzene rings is 3. The minimum Gasteiger partial charge on any atom is -0.594 e. The second-order valence-corrected chi connectivity index (χ2v) is 5.33. The molecule has 0 saturated heterocycles. The second-order valence-electron chi connectivity index (χ2n) is 5.33. The molecule has 5 nitrogen and oxygen atoms in total. The Morgan fingerprint density at radius 1 is 0.885 bits per heavy atom. The predicted octanol–water partition coefficient (Wildman–Crippen LogP) is 5.23. The van der Waals surface area contributed by atoms with Crippen LogP contribution in [-0.4, -0.2) is 10.8 Å². The molecule has 0 fully saturated rings. The highest BCUT2D eigenvalue weighted by molar-refractivity contribution is 5.89. The van der Waals surface area contributed by atoms with Crippen LogP contribution in [0.25, 0.3) is 6.08 Å². The maximum atomic E-state index is 12.4. The fourth-order valence-corrected chi connectivity index (χ4v) is 2.25. The van der Waals surface area contributed by atoms with Gasteiger partial charge in [-0.2, -0.15) is 0 Å². The Balaban J connectivity index is 1.79. The molecule has 0 aromatic heterocycles. The van der Waals surface area contributed by atoms with Crippen molar-refractivity contribution in [1.82, 2.24) is 0 Å². The van der Waals surface area contributed by atoms with Crippen LogP contribution in [0.15, 0.2) is 96.1 Å². The number of hydrogen-bond donors (Lipinski definition) is 0. The normalized spacial score (nSPS) is 11.5. The van der Waals surface area contributed by atoms with Gasteiger partial charge in [0.15, 0.2) is 0 Å². The minimum atomic E-state index is -0.525. The number of rotatable bonds is 5. The first kappa shape index (κ1) is 17.1. The molecule has 0 heterocycles. The molecule has 0 unspecified atom stereocenters. The topological polar surface area (TPSA) is 64.7 Å². The van der Waals surface area contributed by atoms with E-state index in [0.717, 1.165) is 0 Å². The molecule has 5 heteroatoms. The van der Waals surface area contributed by atoms with Gasteiger partial charge in [0.05, 0.1) is 5.56 Å². The van der Waals surface area contributed by atoms with E-state index in [2.05, 4.69) is 5.11 Å². The van der Waals surface area contributed by atoms with Gasteiger partial charge in [-0.3, -0.25) is 0 Å². The van der Waals surface area contributed by atoms with Crippen LogP contribution >= 0.6 is 0 Å². The SMILES string of the molecule is O=C(/C=C/c1ccccc1[N+]([O-])=Nc1ccccc1)Oc1ccccc1. The summed E-state index contributed by atoms with van der Waals surface area (Å²) in [6, 6.07) is 24.6. The van der Waals surface area contributed by atoms with Crippen LogP contribution in [0.5, 0.6) is 5.75 Å². The molecule has 26 heavy (non-hydrogen) atoms. The van der Waals surface area contributed by atoms with E-state index in [1.165, 1.54) is 12.2 Å². The number of ether oxygens (including phenoxy) is 1. The molecule has 0 aliphatic carbocycles. The number of hydrogen-bond acceptors (Lipinski definition) is 4. The average molecular weight is 344 g/mol. The van der Waals surface area contributed by atoms with Crippen molar-refractivity contribution in [2.75, 3.05) is 0 Å². The number of carbonyl (C=O) groups is 1. The van der Waals surface area contributed by atoms with Gasteiger partial charge < -0.3 is 9.94 Å². The maximum Gasteiger partial charge on any atom is 0.336 e. The lowest BCUT2D eigenvalue weighted by molar-refractivity contribution is -0.435. The van der Waals surface area contributed by atoms with Crippen molar-refractivity contribution in [3.05, 3.63) is 102 Å². The van der Waals surface area contributed by atoms with E-state index in [1.54, 1.807) is 72.8 Å². The maximum absolute atomic E-state index is 12.4. The van der Waals surface area contributed by atoms with Gasteiger partial charge in [0.1, 0.15) is 11.4 Å². The number of para-hydroxylation sites is 2. The van der Waals surface area contributed by atoms with E-state index in [1.807, 2.05) is 12.1 Å². The van der Waals surface area contributed by atoms with Crippen LogP contribution in [-0.2, 0) is 4.79 Å². The van der Waals surface area contributed by atoms with E-state index in [4.69, 9.17) is 4.74 Å². The molecule has 0 N–H and O–H groups in total. The zero-order valence-electron chi connectivity index (χ0n) is 13.9. The lowest BCUT2D eigenvalue weighted by atomic mass is 10.1. The quantitative estimate of drug-likeness (QED) is 0.159. The Morgan fingerprint density at radius 3 is 2.23 bits per heavy atom. The van der Waals surface area contributed by atoms with Crippen LogP contribution < -0.4 is 4.74 Å². The summed E-state index contributed by atoms with van der Waals surface area (Å²) in [6.07, 6.45) is 2.81. The molecule has 0 spiro atoms. The van der Waals surface area contributed by atoms with Crippen molar-refractivity contribution in [2.45, 2.75) is 0 Å². The van der Waals surface area contributed by atoms with Gasteiger partial charge in [-0.15, -0.1) is 0 Å². The predicted molar refractivity (Wildman–Crippen MR) is 99.4 cm³/mol. The van der Waals surface area contributed by atoms with E-state index >= 15 is 0 Å². The number of nitrogens with zero attached hydrogens (tertiary/aromatic N) is 2. The number of carbonyl (C=O) groups excluding carboxylic acids is 1. The Bertz CT molecular complexity index is 936. The minimum absolute atomic E-state index is 0.333. The average Bonchev–Trinajstić information content (AvgIpc) is 2.68. The first-order chi connectivity index (χ1) is 12.7. The van der Waals surface area contributed by atoms with Crippen molar-refractivity contribution >= 4 is 23.4 Å². The van der Waals surface area contributed by atoms with Crippen molar-refractivity contribution in [3.8, 4) is 5.75 Å². The van der Waals surface area contributed by atoms with E-state index < -0.39 is 5.97 Å². The zero-order valence-corrected chi connectivity index (χ0v) is 13.9. The summed E-state index contributed by atoms with van der Waals surface area (Å²) in [5.74, 6) is -0.0663. The van der Waals surface area contributed by atoms with Gasteiger partial charge >= 0.3 is 5.97 Å². The summed E-state index contributed by atoms with van der Waals surface area (Å²) >= 11 is 0. The molecule has 3 rings (SSSR count). The molecule has 0 atom stereocenters. The number of azo groups is 1. The largest absolute Gasteiger partial charge is 0.594 e. The molecule has 3 aromatic carbocycles. The Hall–Kier alpha value is -3.73. The smallest absolute Gasteiger partial charge is 0.336 e. The summed E-state index contributed by atoms with van der Waals surface area (Å²) < 4.78 is 5.19. The van der Waals surface area contributed by atoms with Crippen LogP contribution in [0.3, 0.4) is 0 Å². The summed E-state index contributed by atoms with van der Waals surface area (Å²) in [6.45, 7) is 0. The third-order valence-corrected chi connectivity index (χ3v) is 3.47. The van der Waals surface area contributed by atoms with Crippen LogP contribution in [0, 0.1) is 5.21 Å². The van der Waals surface area contributed by atoms with Crippen LogP contribution in [0.1, 0.15) is 5.56 Å². The van der Waals surface area contributed by atoms with Gasteiger partial charge in [-0.05, 0) is 41.3 Å². The molecule has 0 saturated carbocycles. The van der Waals surface area contributed by atoms with Crippen molar-refractivity contribution in [1.29, 1.82) is 0 Å². The monoisotopic (exact) mass is 344 g/mol. The fourth-order valence-electron chi connectivity index (χ4n) is 2.25. The summed E-state index contributed by atoms with van der Waals surface area (Å²) in [4.78, 5) is 12.5. The highest BCUT2D eigenvalue weighted by Crippen LogP contribution is 2.22. The first-order valence-electron chi connectivity index (χ1n) is 8.00. The molecule has 0 bridgehead atoms. The first-order valence-corrected chi connectivity index (χ1v) is 8.00. The van der Waals surface area contributed by atoms with Gasteiger partial charge in [-0.1, -0.05) is 48.5 Å². The van der Waals surface area contributed by atoms with Gasteiger partial charge in [-0.25, -0.2) is 4.79 Å². The Kier molecular flexibility index (Phi) is 5.52. The molecular formula is C21H16N2O3. The molecule has 128 valence electrons. The molecular weight excluding hydrogens is 328 g/mol. The standard InChI is InChI=1S/C21H16N2O3/c24-21(26-19-12-5-2-6-13-19)16-15-17-9-7-8-14-20(17)23(25)22-18-10-3-1-4-11-18/h1-16H/b16-15+,23-22?. The fraction of sp³-hybridized carbons (Fsp3) is 0. The Labute approximate surface area is 151 Å². The summed E-state index contributed by atoms with van der Waals surface area (Å²) in [5.41, 5.74) is 1.44. The van der Waals surface area contributed by atoms with Crippen molar-refractivity contribution in [2.24, 2.45) is 5.11 Å². The molecule has 3 aromatic rings. The Morgan fingerprint density at radius 2 is 1.50 bits per heavy atom. The summed E-state index contributed by atoms with van der Waals surface area (Å²) in [7, 11) is 0. The van der Waals surface area contributed by atoms with E-state index in [0.29, 0.717) is 27.5 Å². The zero-order chi connectivity index (χ0) is 18.2. The highest BCUT2D eigenvalue weighted by atomic mass is 16.5. The van der Waals surface area contributed by atoms with Crippen LogP contribution in [0.2, 0.25) is 0 Å². The lowest BCUT2D eigenvalue weighted by Gasteiger charge is -2.03.